The molecule has 0 unspecified atom stereocenters. The fourth-order valence-corrected chi connectivity index (χ4v) is 4.26. The van der Waals surface area contributed by atoms with Crippen LogP contribution in [0.25, 0.3) is 0 Å². The van der Waals surface area contributed by atoms with Crippen LogP contribution in [0.5, 0.6) is 0 Å². The van der Waals surface area contributed by atoms with Crippen LogP contribution in [0.3, 0.4) is 0 Å². The lowest BCUT2D eigenvalue weighted by Crippen LogP contribution is -2.53. The van der Waals surface area contributed by atoms with E-state index in [1.807, 2.05) is 7.05 Å². The van der Waals surface area contributed by atoms with E-state index in [4.69, 9.17) is 0 Å². The van der Waals surface area contributed by atoms with Gasteiger partial charge in [-0.3, -0.25) is 9.89 Å². The lowest BCUT2D eigenvalue weighted by atomic mass is 9.97. The van der Waals surface area contributed by atoms with Gasteiger partial charge < -0.3 is 15.1 Å². The van der Waals surface area contributed by atoms with Crippen LogP contribution in [0.15, 0.2) is 35.3 Å². The van der Waals surface area contributed by atoms with Gasteiger partial charge in [-0.05, 0) is 50.4 Å². The third-order valence-corrected chi connectivity index (χ3v) is 5.93. The van der Waals surface area contributed by atoms with Gasteiger partial charge in [-0.25, -0.2) is 0 Å². The molecule has 5 nitrogen and oxygen atoms in total. The van der Waals surface area contributed by atoms with Crippen molar-refractivity contribution in [1.29, 1.82) is 0 Å². The number of likely N-dealkylation sites (tertiary alicyclic amines) is 1. The molecule has 5 heteroatoms. The van der Waals surface area contributed by atoms with E-state index in [1.165, 1.54) is 44.5 Å². The van der Waals surface area contributed by atoms with Gasteiger partial charge in [-0.1, -0.05) is 37.3 Å². The third kappa shape index (κ3) is 6.22. The highest BCUT2D eigenvalue weighted by atomic mass is 15.3. The Hall–Kier alpha value is -1.59. The van der Waals surface area contributed by atoms with Crippen LogP contribution in [0.2, 0.25) is 0 Å². The minimum absolute atomic E-state index is 0.786. The van der Waals surface area contributed by atoms with Crippen molar-refractivity contribution in [2.45, 2.75) is 32.7 Å². The predicted molar refractivity (Wildman–Crippen MR) is 114 cm³/mol. The first-order valence-electron chi connectivity index (χ1n) is 10.7. The Bertz CT molecular complexity index is 557. The Morgan fingerprint density at radius 3 is 2.33 bits per heavy atom. The zero-order chi connectivity index (χ0) is 18.9. The van der Waals surface area contributed by atoms with Crippen molar-refractivity contribution >= 4 is 5.96 Å². The average Bonchev–Trinajstić information content (AvgIpc) is 2.72. The molecule has 0 radical (unpaired) electrons. The molecule has 1 N–H and O–H groups in total. The van der Waals surface area contributed by atoms with E-state index < -0.39 is 0 Å². The fraction of sp³-hybridized carbons (Fsp3) is 0.682. The minimum atomic E-state index is 0.786. The van der Waals surface area contributed by atoms with E-state index in [2.05, 4.69) is 62.3 Å². The topological polar surface area (TPSA) is 34.1 Å². The Kier molecular flexibility index (Phi) is 7.96. The molecule has 0 saturated carbocycles. The number of nitrogens with one attached hydrogen (secondary N) is 1. The van der Waals surface area contributed by atoms with Crippen molar-refractivity contribution in [3.63, 3.8) is 0 Å². The summed E-state index contributed by atoms with van der Waals surface area (Å²) >= 11 is 0. The van der Waals surface area contributed by atoms with Gasteiger partial charge in [0.1, 0.15) is 0 Å². The van der Waals surface area contributed by atoms with Crippen molar-refractivity contribution < 1.29 is 0 Å². The Balaban J connectivity index is 1.38. The maximum absolute atomic E-state index is 4.55. The SMILES string of the molecule is CCCN1CCC(CNC(=NC)N2CCN(Cc3ccccc3)CC2)CC1. The van der Waals surface area contributed by atoms with Gasteiger partial charge in [0.15, 0.2) is 5.96 Å². The van der Waals surface area contributed by atoms with E-state index in [-0.39, 0.29) is 0 Å². The molecule has 27 heavy (non-hydrogen) atoms. The molecule has 0 atom stereocenters. The van der Waals surface area contributed by atoms with Gasteiger partial charge in [-0.2, -0.15) is 0 Å². The van der Waals surface area contributed by atoms with Crippen LogP contribution in [0.1, 0.15) is 31.7 Å². The Morgan fingerprint density at radius 1 is 1.00 bits per heavy atom. The molecule has 2 aliphatic rings. The number of hydrogen-bond acceptors (Lipinski definition) is 3. The van der Waals surface area contributed by atoms with E-state index in [9.17, 15) is 0 Å². The maximum Gasteiger partial charge on any atom is 0.193 e. The summed E-state index contributed by atoms with van der Waals surface area (Å²) in [7, 11) is 1.92. The molecule has 0 amide bonds. The molecule has 2 saturated heterocycles. The molecule has 0 aliphatic carbocycles. The standard InChI is InChI=1S/C22H37N5/c1-3-11-25-12-9-20(10-13-25)18-24-22(23-2)27-16-14-26(15-17-27)19-21-7-5-4-6-8-21/h4-8,20H,3,9-19H2,1-2H3,(H,23,24). The van der Waals surface area contributed by atoms with E-state index in [0.29, 0.717) is 0 Å². The molecular weight excluding hydrogens is 334 g/mol. The van der Waals surface area contributed by atoms with Gasteiger partial charge >= 0.3 is 0 Å². The lowest BCUT2D eigenvalue weighted by molar-refractivity contribution is 0.168. The highest BCUT2D eigenvalue weighted by Crippen LogP contribution is 2.16. The van der Waals surface area contributed by atoms with Crippen LogP contribution in [-0.2, 0) is 6.54 Å². The van der Waals surface area contributed by atoms with E-state index in [0.717, 1.165) is 51.1 Å². The quantitative estimate of drug-likeness (QED) is 0.615. The first kappa shape index (κ1) is 20.2. The van der Waals surface area contributed by atoms with E-state index >= 15 is 0 Å². The summed E-state index contributed by atoms with van der Waals surface area (Å²) in [5, 5.41) is 3.66. The molecule has 150 valence electrons. The van der Waals surface area contributed by atoms with Crippen LogP contribution < -0.4 is 5.32 Å². The summed E-state index contributed by atoms with van der Waals surface area (Å²) in [5.74, 6) is 1.87. The molecule has 2 aliphatic heterocycles. The molecular formula is C22H37N5. The number of rotatable bonds is 6. The van der Waals surface area contributed by atoms with Crippen LogP contribution in [0.4, 0.5) is 0 Å². The summed E-state index contributed by atoms with van der Waals surface area (Å²) in [6.45, 7) is 12.5. The monoisotopic (exact) mass is 371 g/mol. The molecule has 0 aromatic heterocycles. The van der Waals surface area contributed by atoms with Gasteiger partial charge in [0.05, 0.1) is 0 Å². The maximum atomic E-state index is 4.55. The number of nitrogens with zero attached hydrogens (tertiary/aromatic N) is 4. The normalized spacial score (nSPS) is 20.8. The third-order valence-electron chi connectivity index (χ3n) is 5.93. The number of aliphatic imine (C=N–C) groups is 1. The molecule has 0 bridgehead atoms. The van der Waals surface area contributed by atoms with Crippen molar-refractivity contribution in [1.82, 2.24) is 20.0 Å². The molecule has 2 fully saturated rings. The zero-order valence-corrected chi connectivity index (χ0v) is 17.2. The predicted octanol–water partition coefficient (Wildman–Crippen LogP) is 2.50. The number of guanidine groups is 1. The Morgan fingerprint density at radius 2 is 1.70 bits per heavy atom. The van der Waals surface area contributed by atoms with Crippen molar-refractivity contribution in [3.8, 4) is 0 Å². The molecule has 1 aromatic rings. The second-order valence-corrected chi connectivity index (χ2v) is 7.96. The van der Waals surface area contributed by atoms with Crippen molar-refractivity contribution in [2.75, 3.05) is 59.4 Å². The number of piperazine rings is 1. The summed E-state index contributed by atoms with van der Waals surface area (Å²) in [5.41, 5.74) is 1.41. The van der Waals surface area contributed by atoms with Gasteiger partial charge in [0.2, 0.25) is 0 Å². The Labute approximate surface area is 165 Å². The summed E-state index contributed by atoms with van der Waals surface area (Å²) in [4.78, 5) is 12.1. The second-order valence-electron chi connectivity index (χ2n) is 7.96. The lowest BCUT2D eigenvalue weighted by Gasteiger charge is -2.37. The number of hydrogen-bond donors (Lipinski definition) is 1. The zero-order valence-electron chi connectivity index (χ0n) is 17.2. The van der Waals surface area contributed by atoms with Crippen LogP contribution in [0, 0.1) is 5.92 Å². The van der Waals surface area contributed by atoms with Crippen LogP contribution >= 0.6 is 0 Å². The minimum Gasteiger partial charge on any atom is -0.356 e. The average molecular weight is 372 g/mol. The highest BCUT2D eigenvalue weighted by Gasteiger charge is 2.22. The highest BCUT2D eigenvalue weighted by molar-refractivity contribution is 5.80. The van der Waals surface area contributed by atoms with Gasteiger partial charge in [0.25, 0.3) is 0 Å². The van der Waals surface area contributed by atoms with Gasteiger partial charge in [-0.15, -0.1) is 0 Å². The smallest absolute Gasteiger partial charge is 0.193 e. The van der Waals surface area contributed by atoms with Crippen molar-refractivity contribution in [2.24, 2.45) is 10.9 Å². The molecule has 2 heterocycles. The van der Waals surface area contributed by atoms with Crippen molar-refractivity contribution in [3.05, 3.63) is 35.9 Å². The molecule has 1 aromatic carbocycles. The largest absolute Gasteiger partial charge is 0.356 e. The van der Waals surface area contributed by atoms with Gasteiger partial charge in [0, 0.05) is 46.3 Å². The summed E-state index contributed by atoms with van der Waals surface area (Å²) in [6.07, 6.45) is 3.90. The molecule has 0 spiro atoms. The number of piperidine rings is 1. The van der Waals surface area contributed by atoms with Crippen LogP contribution in [-0.4, -0.2) is 80.1 Å². The van der Waals surface area contributed by atoms with E-state index in [1.54, 1.807) is 0 Å². The summed E-state index contributed by atoms with van der Waals surface area (Å²) < 4.78 is 0. The first-order valence-corrected chi connectivity index (χ1v) is 10.7. The summed E-state index contributed by atoms with van der Waals surface area (Å²) in [6, 6.07) is 10.8. The second kappa shape index (κ2) is 10.7. The number of benzene rings is 1. The molecule has 3 rings (SSSR count). The fourth-order valence-electron chi connectivity index (χ4n) is 4.26. The first-order chi connectivity index (χ1) is 13.3.